The number of nitrogens with one attached hydrogen (secondary N) is 1. The lowest BCUT2D eigenvalue weighted by Gasteiger charge is -2.26. The van der Waals surface area contributed by atoms with E-state index in [-0.39, 0.29) is 5.92 Å². The zero-order valence-electron chi connectivity index (χ0n) is 20.1. The molecule has 184 valence electrons. The summed E-state index contributed by atoms with van der Waals surface area (Å²) in [5.41, 5.74) is 2.46. The lowest BCUT2D eigenvalue weighted by atomic mass is 10.1. The molecule has 0 aliphatic carbocycles. The van der Waals surface area contributed by atoms with E-state index in [0.29, 0.717) is 24.5 Å². The molecule has 0 amide bonds. The van der Waals surface area contributed by atoms with Crippen LogP contribution in [0.25, 0.3) is 0 Å². The average molecular weight is 484 g/mol. The number of hydrazone groups is 1. The Hall–Kier alpha value is -4.00. The fraction of sp³-hybridized carbons (Fsp3) is 0.333. The molecule has 0 aromatic heterocycles. The third-order valence-electron chi connectivity index (χ3n) is 6.18. The van der Waals surface area contributed by atoms with Gasteiger partial charge in [0.2, 0.25) is 0 Å². The number of rotatable bonds is 8. The van der Waals surface area contributed by atoms with Gasteiger partial charge in [0.15, 0.2) is 5.82 Å². The van der Waals surface area contributed by atoms with Crippen LogP contribution in [-0.2, 0) is 11.3 Å². The Kier molecular flexibility index (Phi) is 7.66. The summed E-state index contributed by atoms with van der Waals surface area (Å²) in [5.74, 6) is 2.24. The number of hydrogen-bond donors (Lipinski definition) is 1. The third-order valence-corrected chi connectivity index (χ3v) is 6.18. The van der Waals surface area contributed by atoms with Gasteiger partial charge in [0.1, 0.15) is 11.6 Å². The van der Waals surface area contributed by atoms with Crippen LogP contribution in [-0.4, -0.2) is 62.7 Å². The minimum Gasteiger partial charge on any atom is -0.494 e. The summed E-state index contributed by atoms with van der Waals surface area (Å²) in [6.07, 6.45) is 6.47. The average Bonchev–Trinajstić information content (AvgIpc) is 3.09. The second kappa shape index (κ2) is 11.6. The Morgan fingerprint density at radius 2 is 2.03 bits per heavy atom. The van der Waals surface area contributed by atoms with E-state index in [9.17, 15) is 5.26 Å². The van der Waals surface area contributed by atoms with Crippen molar-refractivity contribution in [2.24, 2.45) is 21.0 Å². The van der Waals surface area contributed by atoms with Crippen molar-refractivity contribution in [1.82, 2.24) is 10.2 Å². The molecule has 1 atom stereocenters. The minimum absolute atomic E-state index is 0.105. The van der Waals surface area contributed by atoms with Gasteiger partial charge < -0.3 is 14.8 Å². The summed E-state index contributed by atoms with van der Waals surface area (Å²) in [6, 6.07) is 17.6. The van der Waals surface area contributed by atoms with Gasteiger partial charge in [-0.15, -0.1) is 0 Å². The van der Waals surface area contributed by atoms with Crippen molar-refractivity contribution in [3.63, 3.8) is 0 Å². The number of amidine groups is 1. The molecule has 3 aliphatic rings. The smallest absolute Gasteiger partial charge is 0.152 e. The van der Waals surface area contributed by atoms with Crippen LogP contribution in [0.2, 0.25) is 0 Å². The SMILES string of the molecule is N#Cc1cccc(N2N=CC3C=C2N=CNC3=NCc2ccc(OCCCN3CCOCC3)cc2)c1. The molecule has 0 saturated carbocycles. The van der Waals surface area contributed by atoms with Crippen LogP contribution < -0.4 is 15.1 Å². The number of fused-ring (bicyclic) bond motifs is 1. The van der Waals surface area contributed by atoms with E-state index < -0.39 is 0 Å². The maximum Gasteiger partial charge on any atom is 0.152 e. The van der Waals surface area contributed by atoms with Gasteiger partial charge in [-0.2, -0.15) is 10.4 Å². The Labute approximate surface area is 211 Å². The van der Waals surface area contributed by atoms with Gasteiger partial charge >= 0.3 is 0 Å². The molecule has 36 heavy (non-hydrogen) atoms. The number of hydrogen-bond acceptors (Lipinski definition) is 8. The quantitative estimate of drug-likeness (QED) is 0.580. The fourth-order valence-electron chi connectivity index (χ4n) is 4.21. The molecule has 1 N–H and O–H groups in total. The summed E-state index contributed by atoms with van der Waals surface area (Å²) in [6.45, 7) is 5.96. The number of ether oxygens (including phenoxy) is 2. The molecule has 2 bridgehead atoms. The highest BCUT2D eigenvalue weighted by atomic mass is 16.5. The highest BCUT2D eigenvalue weighted by molar-refractivity contribution is 6.05. The standard InChI is InChI=1S/C27H29N7O2/c28-17-22-3-1-4-24(15-22)34-26-16-23(19-32-34)27(31-20-30-26)29-18-21-5-7-25(8-6-21)36-12-2-9-33-10-13-35-14-11-33/h1,3-8,15-16,19-20,23H,2,9-14,18H2,(H,29,30,31). The highest BCUT2D eigenvalue weighted by Crippen LogP contribution is 2.26. The molecule has 1 unspecified atom stereocenters. The van der Waals surface area contributed by atoms with Gasteiger partial charge in [0.25, 0.3) is 0 Å². The van der Waals surface area contributed by atoms with E-state index in [2.05, 4.69) is 26.4 Å². The topological polar surface area (TPSA) is 97.8 Å². The van der Waals surface area contributed by atoms with Crippen LogP contribution in [0.5, 0.6) is 5.75 Å². The first-order valence-corrected chi connectivity index (χ1v) is 12.2. The number of aliphatic imine (C=N–C) groups is 2. The van der Waals surface area contributed by atoms with Crippen molar-refractivity contribution < 1.29 is 9.47 Å². The summed E-state index contributed by atoms with van der Waals surface area (Å²) in [4.78, 5) is 11.7. The summed E-state index contributed by atoms with van der Waals surface area (Å²) < 4.78 is 11.3. The van der Waals surface area contributed by atoms with Gasteiger partial charge in [-0.05, 0) is 48.4 Å². The van der Waals surface area contributed by atoms with Gasteiger partial charge in [-0.3, -0.25) is 9.89 Å². The minimum atomic E-state index is -0.105. The maximum absolute atomic E-state index is 9.19. The molecular formula is C27H29N7O2. The van der Waals surface area contributed by atoms with Gasteiger partial charge in [-0.1, -0.05) is 18.2 Å². The lowest BCUT2D eigenvalue weighted by molar-refractivity contribution is 0.0358. The Morgan fingerprint density at radius 3 is 2.86 bits per heavy atom. The maximum atomic E-state index is 9.19. The van der Waals surface area contributed by atoms with Crippen molar-refractivity contribution in [1.29, 1.82) is 5.26 Å². The number of benzene rings is 2. The van der Waals surface area contributed by atoms with Gasteiger partial charge in [0.05, 0.1) is 55.9 Å². The number of anilines is 1. The predicted octanol–water partition coefficient (Wildman–Crippen LogP) is 3.15. The van der Waals surface area contributed by atoms with Crippen LogP contribution in [0.4, 0.5) is 5.69 Å². The number of nitrogens with zero attached hydrogens (tertiary/aromatic N) is 6. The second-order valence-corrected chi connectivity index (χ2v) is 8.69. The Morgan fingerprint density at radius 1 is 1.17 bits per heavy atom. The fourth-order valence-corrected chi connectivity index (χ4v) is 4.21. The van der Waals surface area contributed by atoms with Crippen LogP contribution in [0.3, 0.4) is 0 Å². The molecule has 9 heteroatoms. The van der Waals surface area contributed by atoms with Crippen molar-refractivity contribution in [3.05, 3.63) is 71.6 Å². The van der Waals surface area contributed by atoms with E-state index in [1.165, 1.54) is 0 Å². The van der Waals surface area contributed by atoms with E-state index in [1.807, 2.05) is 48.7 Å². The molecule has 5 rings (SSSR count). The highest BCUT2D eigenvalue weighted by Gasteiger charge is 2.23. The summed E-state index contributed by atoms with van der Waals surface area (Å²) in [5, 5.41) is 18.7. The zero-order valence-corrected chi connectivity index (χ0v) is 20.1. The summed E-state index contributed by atoms with van der Waals surface area (Å²) >= 11 is 0. The normalized spacial score (nSPS) is 20.4. The van der Waals surface area contributed by atoms with Crippen LogP contribution in [0.15, 0.2) is 75.5 Å². The van der Waals surface area contributed by atoms with Crippen molar-refractivity contribution in [2.75, 3.05) is 44.5 Å². The van der Waals surface area contributed by atoms with Crippen LogP contribution in [0, 0.1) is 17.2 Å². The van der Waals surface area contributed by atoms with Crippen molar-refractivity contribution >= 4 is 24.1 Å². The first-order valence-electron chi connectivity index (χ1n) is 12.2. The molecule has 1 saturated heterocycles. The second-order valence-electron chi connectivity index (χ2n) is 8.69. The molecule has 9 nitrogen and oxygen atoms in total. The first kappa shape index (κ1) is 23.7. The molecule has 1 fully saturated rings. The first-order chi connectivity index (χ1) is 17.8. The van der Waals surface area contributed by atoms with Crippen LogP contribution >= 0.6 is 0 Å². The number of nitriles is 1. The van der Waals surface area contributed by atoms with E-state index in [0.717, 1.165) is 62.1 Å². The predicted molar refractivity (Wildman–Crippen MR) is 140 cm³/mol. The molecule has 0 radical (unpaired) electrons. The monoisotopic (exact) mass is 483 g/mol. The molecule has 3 aliphatic heterocycles. The van der Waals surface area contributed by atoms with E-state index >= 15 is 0 Å². The van der Waals surface area contributed by atoms with E-state index in [4.69, 9.17) is 14.5 Å². The Balaban J connectivity index is 1.14. The molecule has 3 heterocycles. The number of morpholine rings is 1. The third kappa shape index (κ3) is 5.97. The largest absolute Gasteiger partial charge is 0.494 e. The van der Waals surface area contributed by atoms with E-state index in [1.54, 1.807) is 23.5 Å². The molecule has 2 aromatic rings. The lowest BCUT2D eigenvalue weighted by Crippen LogP contribution is -2.37. The molecule has 2 aromatic carbocycles. The van der Waals surface area contributed by atoms with Crippen molar-refractivity contribution in [2.45, 2.75) is 13.0 Å². The van der Waals surface area contributed by atoms with Crippen molar-refractivity contribution in [3.8, 4) is 11.8 Å². The molecular weight excluding hydrogens is 454 g/mol. The van der Waals surface area contributed by atoms with Crippen LogP contribution in [0.1, 0.15) is 17.5 Å². The summed E-state index contributed by atoms with van der Waals surface area (Å²) in [7, 11) is 0. The zero-order chi connectivity index (χ0) is 24.6. The van der Waals surface area contributed by atoms with Gasteiger partial charge in [-0.25, -0.2) is 10.0 Å². The Bertz CT molecular complexity index is 1210. The molecule has 0 spiro atoms. The van der Waals surface area contributed by atoms with Gasteiger partial charge in [0, 0.05) is 25.8 Å².